The number of phenols is 1. The minimum absolute atomic E-state index is 0.363. The molecule has 0 aliphatic carbocycles. The van der Waals surface area contributed by atoms with Crippen molar-refractivity contribution < 1.29 is 5.11 Å². The molecule has 1 nitrogen and oxygen atoms in total. The van der Waals surface area contributed by atoms with E-state index in [0.29, 0.717) is 5.75 Å². The van der Waals surface area contributed by atoms with Crippen LogP contribution >= 0.6 is 0 Å². The van der Waals surface area contributed by atoms with E-state index < -0.39 is 0 Å². The van der Waals surface area contributed by atoms with Gasteiger partial charge in [-0.15, -0.1) is 0 Å². The van der Waals surface area contributed by atoms with E-state index in [1.807, 2.05) is 12.1 Å². The molecule has 2 aromatic rings. The average Bonchev–Trinajstić information content (AvgIpc) is 2.45. The van der Waals surface area contributed by atoms with Crippen LogP contribution in [0.5, 0.6) is 5.75 Å². The van der Waals surface area contributed by atoms with Gasteiger partial charge in [-0.2, -0.15) is 0 Å². The van der Waals surface area contributed by atoms with Gasteiger partial charge in [-0.3, -0.25) is 0 Å². The molecule has 0 unspecified atom stereocenters. The third-order valence-corrected chi connectivity index (χ3v) is 3.67. The van der Waals surface area contributed by atoms with Crippen molar-refractivity contribution in [2.24, 2.45) is 0 Å². The summed E-state index contributed by atoms with van der Waals surface area (Å²) in [4.78, 5) is 0. The fourth-order valence-corrected chi connectivity index (χ4v) is 2.64. The lowest BCUT2D eigenvalue weighted by molar-refractivity contribution is 0.475. The minimum Gasteiger partial charge on any atom is -0.508 e. The van der Waals surface area contributed by atoms with Crippen LogP contribution in [-0.2, 0) is 19.3 Å². The van der Waals surface area contributed by atoms with E-state index in [1.165, 1.54) is 22.3 Å². The van der Waals surface area contributed by atoms with Gasteiger partial charge in [0.05, 0.1) is 0 Å². The molecule has 1 heteroatoms. The monoisotopic (exact) mass is 254 g/mol. The Morgan fingerprint density at radius 1 is 0.842 bits per heavy atom. The lowest BCUT2D eigenvalue weighted by Gasteiger charge is -2.14. The summed E-state index contributed by atoms with van der Waals surface area (Å²) in [5, 5.41) is 9.91. The van der Waals surface area contributed by atoms with Crippen LogP contribution in [0, 0.1) is 0 Å². The van der Waals surface area contributed by atoms with Gasteiger partial charge in [0.15, 0.2) is 0 Å². The van der Waals surface area contributed by atoms with Gasteiger partial charge in [0, 0.05) is 0 Å². The Morgan fingerprint density at radius 2 is 1.47 bits per heavy atom. The van der Waals surface area contributed by atoms with Gasteiger partial charge >= 0.3 is 0 Å². The van der Waals surface area contributed by atoms with Crippen molar-refractivity contribution in [1.82, 2.24) is 0 Å². The van der Waals surface area contributed by atoms with Crippen LogP contribution in [0.25, 0.3) is 11.1 Å². The van der Waals surface area contributed by atoms with Crippen molar-refractivity contribution in [2.75, 3.05) is 0 Å². The number of aryl methyl sites for hydroxylation is 3. The summed E-state index contributed by atoms with van der Waals surface area (Å²) in [5.74, 6) is 0.363. The number of aromatic hydroxyl groups is 1. The summed E-state index contributed by atoms with van der Waals surface area (Å²) in [7, 11) is 0. The molecule has 0 aliphatic rings. The summed E-state index contributed by atoms with van der Waals surface area (Å²) in [6.07, 6.45) is 2.97. The predicted octanol–water partition coefficient (Wildman–Crippen LogP) is 4.75. The van der Waals surface area contributed by atoms with E-state index in [4.69, 9.17) is 0 Å². The van der Waals surface area contributed by atoms with E-state index in [-0.39, 0.29) is 0 Å². The first-order valence-electron chi connectivity index (χ1n) is 7.13. The number of hydrogen-bond donors (Lipinski definition) is 1. The van der Waals surface area contributed by atoms with Crippen molar-refractivity contribution in [2.45, 2.75) is 40.0 Å². The molecule has 0 bridgehead atoms. The van der Waals surface area contributed by atoms with Gasteiger partial charge in [0.1, 0.15) is 5.75 Å². The second-order valence-corrected chi connectivity index (χ2v) is 4.90. The summed E-state index contributed by atoms with van der Waals surface area (Å²) < 4.78 is 0. The van der Waals surface area contributed by atoms with Crippen LogP contribution in [0.3, 0.4) is 0 Å². The molecule has 19 heavy (non-hydrogen) atoms. The Labute approximate surface area is 115 Å². The molecular formula is C18H22O. The van der Waals surface area contributed by atoms with Crippen LogP contribution in [0.1, 0.15) is 37.5 Å². The first-order chi connectivity index (χ1) is 9.19. The Balaban J connectivity index is 2.66. The topological polar surface area (TPSA) is 20.2 Å². The second-order valence-electron chi connectivity index (χ2n) is 4.90. The van der Waals surface area contributed by atoms with E-state index >= 15 is 0 Å². The van der Waals surface area contributed by atoms with Crippen molar-refractivity contribution in [3.05, 3.63) is 53.1 Å². The largest absolute Gasteiger partial charge is 0.508 e. The van der Waals surface area contributed by atoms with Crippen LogP contribution in [0.15, 0.2) is 36.4 Å². The Kier molecular flexibility index (Phi) is 4.26. The summed E-state index contributed by atoms with van der Waals surface area (Å²) >= 11 is 0. The maximum absolute atomic E-state index is 9.91. The quantitative estimate of drug-likeness (QED) is 0.835. The molecule has 0 saturated heterocycles. The number of rotatable bonds is 4. The normalized spacial score (nSPS) is 10.7. The van der Waals surface area contributed by atoms with E-state index in [9.17, 15) is 5.11 Å². The molecule has 0 spiro atoms. The molecular weight excluding hydrogens is 232 g/mol. The molecule has 0 amide bonds. The maximum atomic E-state index is 9.91. The van der Waals surface area contributed by atoms with E-state index in [0.717, 1.165) is 24.8 Å². The van der Waals surface area contributed by atoms with Crippen LogP contribution in [0.4, 0.5) is 0 Å². The first kappa shape index (κ1) is 13.7. The number of phenolic OH excluding ortho intramolecular Hbond substituents is 1. The fraction of sp³-hybridized carbons (Fsp3) is 0.333. The van der Waals surface area contributed by atoms with Gasteiger partial charge in [-0.25, -0.2) is 0 Å². The third-order valence-electron chi connectivity index (χ3n) is 3.67. The molecule has 0 atom stereocenters. The molecule has 0 radical (unpaired) electrons. The smallest absolute Gasteiger partial charge is 0.116 e. The van der Waals surface area contributed by atoms with Gasteiger partial charge in [0.25, 0.3) is 0 Å². The highest BCUT2D eigenvalue weighted by Crippen LogP contribution is 2.32. The Hall–Kier alpha value is -1.76. The Bertz CT molecular complexity index is 548. The van der Waals surface area contributed by atoms with E-state index in [1.54, 1.807) is 0 Å². The van der Waals surface area contributed by atoms with Crippen LogP contribution in [-0.4, -0.2) is 5.11 Å². The number of hydrogen-bond acceptors (Lipinski definition) is 1. The molecule has 1 N–H and O–H groups in total. The second kappa shape index (κ2) is 5.92. The summed E-state index contributed by atoms with van der Waals surface area (Å²) in [6, 6.07) is 12.4. The lowest BCUT2D eigenvalue weighted by Crippen LogP contribution is -1.95. The molecule has 100 valence electrons. The first-order valence-corrected chi connectivity index (χ1v) is 7.13. The SMILES string of the molecule is CCc1cc(O)cc(-c2c(CC)cccc2CC)c1. The standard InChI is InChI=1S/C18H22O/c1-4-13-10-16(12-17(19)11-13)18-14(5-2)8-7-9-15(18)6-3/h7-12,19H,4-6H2,1-3H3. The van der Waals surface area contributed by atoms with Gasteiger partial charge < -0.3 is 5.11 Å². The molecule has 0 heterocycles. The zero-order valence-electron chi connectivity index (χ0n) is 12.0. The molecule has 0 saturated carbocycles. The highest BCUT2D eigenvalue weighted by molar-refractivity contribution is 5.73. The van der Waals surface area contributed by atoms with Crippen molar-refractivity contribution in [3.63, 3.8) is 0 Å². The maximum Gasteiger partial charge on any atom is 0.116 e. The van der Waals surface area contributed by atoms with E-state index in [2.05, 4.69) is 45.0 Å². The van der Waals surface area contributed by atoms with Crippen molar-refractivity contribution in [3.8, 4) is 16.9 Å². The molecule has 0 aromatic heterocycles. The zero-order valence-corrected chi connectivity index (χ0v) is 12.0. The predicted molar refractivity (Wildman–Crippen MR) is 81.7 cm³/mol. The van der Waals surface area contributed by atoms with Gasteiger partial charge in [-0.1, -0.05) is 45.0 Å². The lowest BCUT2D eigenvalue weighted by atomic mass is 9.90. The summed E-state index contributed by atoms with van der Waals surface area (Å²) in [6.45, 7) is 6.48. The zero-order chi connectivity index (χ0) is 13.8. The molecule has 2 rings (SSSR count). The van der Waals surface area contributed by atoms with Gasteiger partial charge in [0.2, 0.25) is 0 Å². The Morgan fingerprint density at radius 3 is 2.00 bits per heavy atom. The molecule has 2 aromatic carbocycles. The van der Waals surface area contributed by atoms with Crippen LogP contribution in [0.2, 0.25) is 0 Å². The minimum atomic E-state index is 0.363. The fourth-order valence-electron chi connectivity index (χ4n) is 2.64. The van der Waals surface area contributed by atoms with Crippen LogP contribution < -0.4 is 0 Å². The van der Waals surface area contributed by atoms with Crippen molar-refractivity contribution >= 4 is 0 Å². The molecule has 0 fully saturated rings. The summed E-state index contributed by atoms with van der Waals surface area (Å²) in [5.41, 5.74) is 6.34. The third kappa shape index (κ3) is 2.81. The highest BCUT2D eigenvalue weighted by Gasteiger charge is 2.10. The average molecular weight is 254 g/mol. The highest BCUT2D eigenvalue weighted by atomic mass is 16.3. The molecule has 0 aliphatic heterocycles. The van der Waals surface area contributed by atoms with Gasteiger partial charge in [-0.05, 0) is 59.2 Å². The number of benzene rings is 2. The van der Waals surface area contributed by atoms with Crippen molar-refractivity contribution in [1.29, 1.82) is 0 Å².